The number of benzene rings is 2. The number of nitrogens with one attached hydrogen (secondary N) is 1. The van der Waals surface area contributed by atoms with E-state index in [-0.39, 0.29) is 16.9 Å². The highest BCUT2D eigenvalue weighted by Gasteiger charge is 2.14. The predicted molar refractivity (Wildman–Crippen MR) is 85.9 cm³/mol. The van der Waals surface area contributed by atoms with E-state index in [1.807, 2.05) is 43.3 Å². The van der Waals surface area contributed by atoms with E-state index in [2.05, 4.69) is 5.43 Å². The number of hydrazine groups is 1. The monoisotopic (exact) mass is 307 g/mol. The van der Waals surface area contributed by atoms with Gasteiger partial charge in [0.2, 0.25) is 0 Å². The van der Waals surface area contributed by atoms with Gasteiger partial charge in [0.25, 0.3) is 0 Å². The molecule has 0 bridgehead atoms. The molecule has 2 rings (SSSR count). The molecule has 2 aromatic carbocycles. The van der Waals surface area contributed by atoms with Gasteiger partial charge in [0, 0.05) is 19.8 Å². The molecule has 0 aliphatic rings. The summed E-state index contributed by atoms with van der Waals surface area (Å²) in [6.07, 6.45) is 0.435. The zero-order chi connectivity index (χ0) is 15.4. The van der Waals surface area contributed by atoms with Gasteiger partial charge < -0.3 is 4.90 Å². The first kappa shape index (κ1) is 15.8. The quantitative estimate of drug-likeness (QED) is 0.658. The van der Waals surface area contributed by atoms with Crippen molar-refractivity contribution in [2.75, 3.05) is 19.0 Å². The van der Waals surface area contributed by atoms with Crippen molar-refractivity contribution in [2.24, 2.45) is 5.84 Å². The molecule has 112 valence electrons. The van der Waals surface area contributed by atoms with Crippen LogP contribution >= 0.6 is 11.6 Å². The predicted octanol–water partition coefficient (Wildman–Crippen LogP) is 3.29. The number of halogens is 2. The summed E-state index contributed by atoms with van der Waals surface area (Å²) in [7, 11) is 3.96. The van der Waals surface area contributed by atoms with E-state index in [1.165, 1.54) is 6.07 Å². The van der Waals surface area contributed by atoms with Crippen LogP contribution in [-0.2, 0) is 6.42 Å². The Kier molecular flexibility index (Phi) is 5.17. The number of nitrogens with two attached hydrogens (primary N) is 1. The summed E-state index contributed by atoms with van der Waals surface area (Å²) in [5.41, 5.74) is 5.39. The lowest BCUT2D eigenvalue weighted by atomic mass is 9.99. The zero-order valence-electron chi connectivity index (χ0n) is 12.1. The van der Waals surface area contributed by atoms with Gasteiger partial charge in [-0.15, -0.1) is 0 Å². The average Bonchev–Trinajstić information content (AvgIpc) is 2.49. The molecule has 0 saturated heterocycles. The molecule has 1 atom stereocenters. The minimum atomic E-state index is -0.385. The van der Waals surface area contributed by atoms with Crippen LogP contribution in [0, 0.1) is 5.82 Å². The molecule has 0 heterocycles. The summed E-state index contributed by atoms with van der Waals surface area (Å²) in [6, 6.07) is 12.8. The molecular formula is C16H19ClFN3. The van der Waals surface area contributed by atoms with Crippen molar-refractivity contribution in [1.82, 2.24) is 5.43 Å². The summed E-state index contributed by atoms with van der Waals surface area (Å²) < 4.78 is 14.0. The van der Waals surface area contributed by atoms with E-state index < -0.39 is 0 Å². The van der Waals surface area contributed by atoms with Gasteiger partial charge in [-0.3, -0.25) is 11.3 Å². The number of hydrogen-bond donors (Lipinski definition) is 2. The average molecular weight is 308 g/mol. The van der Waals surface area contributed by atoms with Crippen LogP contribution < -0.4 is 16.2 Å². The van der Waals surface area contributed by atoms with E-state index in [1.54, 1.807) is 12.1 Å². The van der Waals surface area contributed by atoms with Crippen LogP contribution in [0.3, 0.4) is 0 Å². The SMILES string of the molecule is CN(C)c1ccc(C(Cc2cccc(Cl)c2F)NN)cc1. The molecule has 0 aromatic heterocycles. The second-order valence-corrected chi connectivity index (χ2v) is 5.53. The van der Waals surface area contributed by atoms with Crippen molar-refractivity contribution >= 4 is 17.3 Å². The molecular weight excluding hydrogens is 289 g/mol. The van der Waals surface area contributed by atoms with Crippen LogP contribution in [0.15, 0.2) is 42.5 Å². The van der Waals surface area contributed by atoms with Gasteiger partial charge in [-0.2, -0.15) is 0 Å². The Labute approximate surface area is 129 Å². The van der Waals surface area contributed by atoms with Crippen LogP contribution in [0.1, 0.15) is 17.2 Å². The van der Waals surface area contributed by atoms with Crippen molar-refractivity contribution in [3.63, 3.8) is 0 Å². The van der Waals surface area contributed by atoms with Crippen LogP contribution in [0.2, 0.25) is 5.02 Å². The summed E-state index contributed by atoms with van der Waals surface area (Å²) in [5, 5.41) is 0.131. The van der Waals surface area contributed by atoms with Crippen LogP contribution in [-0.4, -0.2) is 14.1 Å². The van der Waals surface area contributed by atoms with Gasteiger partial charge in [0.15, 0.2) is 0 Å². The van der Waals surface area contributed by atoms with Crippen molar-refractivity contribution < 1.29 is 4.39 Å². The molecule has 2 aromatic rings. The normalized spacial score (nSPS) is 12.2. The molecule has 3 N–H and O–H groups in total. The third-order valence-corrected chi connectivity index (χ3v) is 3.76. The van der Waals surface area contributed by atoms with Crippen molar-refractivity contribution in [2.45, 2.75) is 12.5 Å². The third-order valence-electron chi connectivity index (χ3n) is 3.47. The molecule has 0 radical (unpaired) electrons. The van der Waals surface area contributed by atoms with Crippen LogP contribution in [0.25, 0.3) is 0 Å². The first-order valence-electron chi connectivity index (χ1n) is 6.69. The smallest absolute Gasteiger partial charge is 0.145 e. The summed E-state index contributed by atoms with van der Waals surface area (Å²) in [6.45, 7) is 0. The van der Waals surface area contributed by atoms with E-state index in [0.29, 0.717) is 12.0 Å². The summed E-state index contributed by atoms with van der Waals surface area (Å²) in [4.78, 5) is 2.02. The van der Waals surface area contributed by atoms with E-state index in [0.717, 1.165) is 11.3 Å². The second kappa shape index (κ2) is 6.89. The topological polar surface area (TPSA) is 41.3 Å². The number of rotatable bonds is 5. The van der Waals surface area contributed by atoms with Crippen LogP contribution in [0.5, 0.6) is 0 Å². The number of hydrogen-bond acceptors (Lipinski definition) is 3. The van der Waals surface area contributed by atoms with Gasteiger partial charge in [0.05, 0.1) is 11.1 Å². The Hall–Kier alpha value is -1.62. The van der Waals surface area contributed by atoms with Crippen molar-refractivity contribution in [3.8, 4) is 0 Å². The fraction of sp³-hybridized carbons (Fsp3) is 0.250. The van der Waals surface area contributed by atoms with Crippen molar-refractivity contribution in [3.05, 3.63) is 64.4 Å². The van der Waals surface area contributed by atoms with Gasteiger partial charge >= 0.3 is 0 Å². The van der Waals surface area contributed by atoms with E-state index in [4.69, 9.17) is 17.4 Å². The highest BCUT2D eigenvalue weighted by molar-refractivity contribution is 6.30. The van der Waals surface area contributed by atoms with Crippen molar-refractivity contribution in [1.29, 1.82) is 0 Å². The first-order chi connectivity index (χ1) is 10.0. The highest BCUT2D eigenvalue weighted by Crippen LogP contribution is 2.24. The maximum absolute atomic E-state index is 14.0. The second-order valence-electron chi connectivity index (χ2n) is 5.12. The van der Waals surface area contributed by atoms with Crippen LogP contribution in [0.4, 0.5) is 10.1 Å². The third kappa shape index (κ3) is 3.73. The fourth-order valence-electron chi connectivity index (χ4n) is 2.20. The maximum atomic E-state index is 14.0. The summed E-state index contributed by atoms with van der Waals surface area (Å²) >= 11 is 5.81. The molecule has 21 heavy (non-hydrogen) atoms. The minimum Gasteiger partial charge on any atom is -0.378 e. The Morgan fingerprint density at radius 1 is 1.19 bits per heavy atom. The fourth-order valence-corrected chi connectivity index (χ4v) is 2.40. The van der Waals surface area contributed by atoms with Gasteiger partial charge in [0.1, 0.15) is 5.82 Å². The number of anilines is 1. The lowest BCUT2D eigenvalue weighted by Gasteiger charge is -2.19. The minimum absolute atomic E-state index is 0.131. The largest absolute Gasteiger partial charge is 0.378 e. The molecule has 1 unspecified atom stereocenters. The molecule has 0 saturated carbocycles. The van der Waals surface area contributed by atoms with Gasteiger partial charge in [-0.1, -0.05) is 35.9 Å². The Balaban J connectivity index is 2.21. The molecule has 0 fully saturated rings. The Morgan fingerprint density at radius 2 is 1.86 bits per heavy atom. The molecule has 0 amide bonds. The maximum Gasteiger partial charge on any atom is 0.145 e. The number of nitrogens with zero attached hydrogens (tertiary/aromatic N) is 1. The highest BCUT2D eigenvalue weighted by atomic mass is 35.5. The van der Waals surface area contributed by atoms with E-state index in [9.17, 15) is 4.39 Å². The van der Waals surface area contributed by atoms with Gasteiger partial charge in [-0.25, -0.2) is 4.39 Å². The molecule has 3 nitrogen and oxygen atoms in total. The molecule has 0 aliphatic heterocycles. The summed E-state index contributed by atoms with van der Waals surface area (Å²) in [5.74, 6) is 5.24. The van der Waals surface area contributed by atoms with E-state index >= 15 is 0 Å². The zero-order valence-corrected chi connectivity index (χ0v) is 12.9. The molecule has 5 heteroatoms. The standard InChI is InChI=1S/C16H19ClFN3/c1-21(2)13-8-6-11(7-9-13)15(20-19)10-12-4-3-5-14(17)16(12)18/h3-9,15,20H,10,19H2,1-2H3. The molecule has 0 aliphatic carbocycles. The Bertz CT molecular complexity index is 599. The Morgan fingerprint density at radius 3 is 2.43 bits per heavy atom. The molecule has 0 spiro atoms. The lowest BCUT2D eigenvalue weighted by molar-refractivity contribution is 0.529. The van der Waals surface area contributed by atoms with Gasteiger partial charge in [-0.05, 0) is 35.7 Å². The first-order valence-corrected chi connectivity index (χ1v) is 7.07. The lowest BCUT2D eigenvalue weighted by Crippen LogP contribution is -2.29.